The molecular formula is C12H18N2O3S. The minimum absolute atomic E-state index is 0.238. The Balaban J connectivity index is 2.53. The van der Waals surface area contributed by atoms with Gasteiger partial charge >= 0.3 is 5.97 Å². The van der Waals surface area contributed by atoms with Gasteiger partial charge in [-0.2, -0.15) is 0 Å². The van der Waals surface area contributed by atoms with Crippen molar-refractivity contribution in [3.8, 4) is 0 Å². The summed E-state index contributed by atoms with van der Waals surface area (Å²) in [5.41, 5.74) is -0.397. The molecule has 0 saturated heterocycles. The van der Waals surface area contributed by atoms with E-state index in [1.807, 2.05) is 13.8 Å². The first-order valence-electron chi connectivity index (χ1n) is 5.69. The van der Waals surface area contributed by atoms with Crippen LogP contribution < -0.4 is 5.32 Å². The number of nitrogens with one attached hydrogen (secondary N) is 1. The van der Waals surface area contributed by atoms with Crippen molar-refractivity contribution in [3.63, 3.8) is 0 Å². The molecule has 0 aliphatic heterocycles. The van der Waals surface area contributed by atoms with Crippen LogP contribution in [-0.2, 0) is 4.79 Å². The zero-order chi connectivity index (χ0) is 13.9. The van der Waals surface area contributed by atoms with E-state index >= 15 is 0 Å². The van der Waals surface area contributed by atoms with Crippen LogP contribution in [0.25, 0.3) is 0 Å². The third-order valence-corrected chi connectivity index (χ3v) is 3.62. The molecule has 0 aliphatic carbocycles. The lowest BCUT2D eigenvalue weighted by Crippen LogP contribution is -2.32. The van der Waals surface area contributed by atoms with Crippen LogP contribution in [0.15, 0.2) is 0 Å². The second kappa shape index (κ2) is 5.48. The van der Waals surface area contributed by atoms with Crippen LogP contribution in [0.1, 0.15) is 40.6 Å². The van der Waals surface area contributed by atoms with Crippen LogP contribution in [0.2, 0.25) is 0 Å². The number of hydrogen-bond acceptors (Lipinski definition) is 4. The maximum absolute atomic E-state index is 11.8. The number of aliphatic carboxylic acids is 1. The molecule has 0 saturated carbocycles. The molecule has 0 radical (unpaired) electrons. The number of aryl methyl sites for hydroxylation is 2. The molecule has 0 aliphatic rings. The van der Waals surface area contributed by atoms with Gasteiger partial charge in [-0.3, -0.25) is 9.59 Å². The van der Waals surface area contributed by atoms with Gasteiger partial charge in [0.2, 0.25) is 0 Å². The highest BCUT2D eigenvalue weighted by atomic mass is 32.1. The molecular weight excluding hydrogens is 252 g/mol. The predicted molar refractivity (Wildman–Crippen MR) is 70.0 cm³/mol. The van der Waals surface area contributed by atoms with Crippen molar-refractivity contribution in [2.75, 3.05) is 6.54 Å². The first kappa shape index (κ1) is 14.6. The van der Waals surface area contributed by atoms with Gasteiger partial charge in [0.1, 0.15) is 5.69 Å². The van der Waals surface area contributed by atoms with E-state index in [2.05, 4.69) is 10.3 Å². The largest absolute Gasteiger partial charge is 0.481 e. The minimum Gasteiger partial charge on any atom is -0.481 e. The molecule has 0 aromatic carbocycles. The lowest BCUT2D eigenvalue weighted by atomic mass is 9.90. The van der Waals surface area contributed by atoms with E-state index in [4.69, 9.17) is 5.11 Å². The van der Waals surface area contributed by atoms with E-state index < -0.39 is 11.4 Å². The number of carbonyl (C=O) groups excluding carboxylic acids is 1. The van der Waals surface area contributed by atoms with Gasteiger partial charge < -0.3 is 10.4 Å². The average molecular weight is 270 g/mol. The molecule has 1 aromatic heterocycles. The van der Waals surface area contributed by atoms with Crippen molar-refractivity contribution in [3.05, 3.63) is 15.6 Å². The van der Waals surface area contributed by atoms with Crippen LogP contribution in [-0.4, -0.2) is 28.5 Å². The van der Waals surface area contributed by atoms with Gasteiger partial charge in [0.05, 0.1) is 10.4 Å². The van der Waals surface area contributed by atoms with Crippen molar-refractivity contribution < 1.29 is 14.7 Å². The second-order valence-corrected chi connectivity index (χ2v) is 6.24. The number of rotatable bonds is 5. The van der Waals surface area contributed by atoms with Crippen LogP contribution in [0, 0.1) is 19.3 Å². The quantitative estimate of drug-likeness (QED) is 0.857. The summed E-state index contributed by atoms with van der Waals surface area (Å²) in [5, 5.41) is 12.5. The number of nitrogens with zero attached hydrogens (tertiary/aromatic N) is 1. The van der Waals surface area contributed by atoms with Gasteiger partial charge in [-0.25, -0.2) is 4.98 Å². The molecule has 0 bridgehead atoms. The Bertz CT molecular complexity index is 466. The summed E-state index contributed by atoms with van der Waals surface area (Å²) >= 11 is 1.48. The number of carboxylic acids is 1. The summed E-state index contributed by atoms with van der Waals surface area (Å²) in [5.74, 6) is -1.10. The molecule has 1 amide bonds. The number of hydrogen-bond donors (Lipinski definition) is 2. The summed E-state index contributed by atoms with van der Waals surface area (Å²) in [7, 11) is 0. The Morgan fingerprint density at radius 2 is 2.00 bits per heavy atom. The summed E-state index contributed by atoms with van der Waals surface area (Å²) in [6, 6.07) is 0. The summed E-state index contributed by atoms with van der Waals surface area (Å²) in [4.78, 5) is 27.7. The van der Waals surface area contributed by atoms with Crippen molar-refractivity contribution in [1.82, 2.24) is 10.3 Å². The molecule has 2 N–H and O–H groups in total. The Hall–Kier alpha value is -1.43. The third-order valence-electron chi connectivity index (χ3n) is 2.73. The number of thiazole rings is 1. The summed E-state index contributed by atoms with van der Waals surface area (Å²) in [6.45, 7) is 7.30. The molecule has 100 valence electrons. The van der Waals surface area contributed by atoms with Crippen molar-refractivity contribution in [1.29, 1.82) is 0 Å². The smallest absolute Gasteiger partial charge is 0.309 e. The van der Waals surface area contributed by atoms with Gasteiger partial charge in [0.15, 0.2) is 0 Å². The van der Waals surface area contributed by atoms with Crippen molar-refractivity contribution in [2.45, 2.75) is 34.1 Å². The Morgan fingerprint density at radius 1 is 1.39 bits per heavy atom. The SMILES string of the molecule is Cc1nc(C(=O)NCCC(C)(C)C(=O)O)c(C)s1. The minimum atomic E-state index is -0.863. The molecule has 0 unspecified atom stereocenters. The maximum atomic E-state index is 11.8. The molecule has 0 spiro atoms. The molecule has 1 heterocycles. The third kappa shape index (κ3) is 3.53. The van der Waals surface area contributed by atoms with E-state index in [1.165, 1.54) is 11.3 Å². The van der Waals surface area contributed by atoms with Gasteiger partial charge in [-0.1, -0.05) is 0 Å². The fraction of sp³-hybridized carbons (Fsp3) is 0.583. The molecule has 1 rings (SSSR count). The standard InChI is InChI=1S/C12H18N2O3S/c1-7-9(14-8(2)18-7)10(15)13-6-5-12(3,4)11(16)17/h5-6H2,1-4H3,(H,13,15)(H,16,17). The monoisotopic (exact) mass is 270 g/mol. The number of carbonyl (C=O) groups is 2. The topological polar surface area (TPSA) is 79.3 Å². The van der Waals surface area contributed by atoms with Crippen LogP contribution in [0.3, 0.4) is 0 Å². The molecule has 18 heavy (non-hydrogen) atoms. The average Bonchev–Trinajstić information content (AvgIpc) is 2.57. The maximum Gasteiger partial charge on any atom is 0.309 e. The Labute approximate surface area is 110 Å². The lowest BCUT2D eigenvalue weighted by Gasteiger charge is -2.18. The van der Waals surface area contributed by atoms with Gasteiger partial charge in [-0.15, -0.1) is 11.3 Å². The van der Waals surface area contributed by atoms with E-state index in [0.717, 1.165) is 9.88 Å². The first-order valence-corrected chi connectivity index (χ1v) is 6.51. The zero-order valence-corrected chi connectivity index (χ0v) is 11.8. The zero-order valence-electron chi connectivity index (χ0n) is 11.0. The highest BCUT2D eigenvalue weighted by molar-refractivity contribution is 7.11. The fourth-order valence-corrected chi connectivity index (χ4v) is 2.23. The van der Waals surface area contributed by atoms with Crippen molar-refractivity contribution >= 4 is 23.2 Å². The lowest BCUT2D eigenvalue weighted by molar-refractivity contribution is -0.147. The van der Waals surface area contributed by atoms with E-state index in [-0.39, 0.29) is 5.91 Å². The van der Waals surface area contributed by atoms with Gasteiger partial charge in [0.25, 0.3) is 5.91 Å². The number of carboxylic acid groups (broad SMARTS) is 1. The van der Waals surface area contributed by atoms with Crippen LogP contribution in [0.4, 0.5) is 0 Å². The van der Waals surface area contributed by atoms with Crippen LogP contribution >= 0.6 is 11.3 Å². The molecule has 1 aromatic rings. The number of amides is 1. The summed E-state index contributed by atoms with van der Waals surface area (Å²) < 4.78 is 0. The van der Waals surface area contributed by atoms with E-state index in [1.54, 1.807) is 13.8 Å². The fourth-order valence-electron chi connectivity index (χ4n) is 1.42. The van der Waals surface area contributed by atoms with E-state index in [0.29, 0.717) is 18.7 Å². The summed E-state index contributed by atoms with van der Waals surface area (Å²) in [6.07, 6.45) is 0.385. The Morgan fingerprint density at radius 3 is 2.44 bits per heavy atom. The molecule has 6 heteroatoms. The Kier molecular flexibility index (Phi) is 4.45. The van der Waals surface area contributed by atoms with Gasteiger partial charge in [-0.05, 0) is 34.1 Å². The molecule has 0 fully saturated rings. The van der Waals surface area contributed by atoms with Gasteiger partial charge in [0, 0.05) is 11.4 Å². The normalized spacial score (nSPS) is 11.3. The van der Waals surface area contributed by atoms with E-state index in [9.17, 15) is 9.59 Å². The molecule has 0 atom stereocenters. The van der Waals surface area contributed by atoms with Crippen molar-refractivity contribution in [2.24, 2.45) is 5.41 Å². The molecule has 5 nitrogen and oxygen atoms in total. The first-order chi connectivity index (χ1) is 8.24. The van der Waals surface area contributed by atoms with Crippen LogP contribution in [0.5, 0.6) is 0 Å². The second-order valence-electron chi connectivity index (χ2n) is 4.83. The highest BCUT2D eigenvalue weighted by Crippen LogP contribution is 2.20. The predicted octanol–water partition coefficient (Wildman–Crippen LogP) is 1.99. The number of aromatic nitrogens is 1. The highest BCUT2D eigenvalue weighted by Gasteiger charge is 2.26.